The van der Waals surface area contributed by atoms with E-state index in [1.807, 2.05) is 30.5 Å². The number of ether oxygens (including phenoxy) is 1. The van der Waals surface area contributed by atoms with Crippen LogP contribution in [0.3, 0.4) is 0 Å². The fourth-order valence-electron chi connectivity index (χ4n) is 2.49. The molecular weight excluding hydrogens is 393 g/mol. The van der Waals surface area contributed by atoms with Gasteiger partial charge in [0.1, 0.15) is 5.75 Å². The van der Waals surface area contributed by atoms with Gasteiger partial charge in [-0.25, -0.2) is 0 Å². The molecule has 8 heteroatoms. The first-order valence-electron chi connectivity index (χ1n) is 7.81. The van der Waals surface area contributed by atoms with E-state index in [9.17, 15) is 0 Å². The Labute approximate surface area is 163 Å². The summed E-state index contributed by atoms with van der Waals surface area (Å²) < 4.78 is 11.4. The summed E-state index contributed by atoms with van der Waals surface area (Å²) in [6.07, 6.45) is 1.87. The molecule has 2 aromatic heterocycles. The van der Waals surface area contributed by atoms with Crippen LogP contribution in [0.4, 0.5) is 0 Å². The van der Waals surface area contributed by atoms with E-state index in [0.29, 0.717) is 39.3 Å². The van der Waals surface area contributed by atoms with Gasteiger partial charge >= 0.3 is 0 Å². The molecule has 4 aromatic rings. The number of halogens is 2. The molecule has 26 heavy (non-hydrogen) atoms. The Morgan fingerprint density at radius 3 is 2.92 bits per heavy atom. The number of thioether (sulfide) groups is 1. The summed E-state index contributed by atoms with van der Waals surface area (Å²) >= 11 is 13.4. The molecule has 132 valence electrons. The molecule has 0 amide bonds. The number of para-hydroxylation sites is 1. The summed E-state index contributed by atoms with van der Waals surface area (Å²) in [4.78, 5) is 3.20. The third kappa shape index (κ3) is 3.67. The summed E-state index contributed by atoms with van der Waals surface area (Å²) in [6.45, 7) is 0.440. The molecule has 0 bridgehead atoms. The molecule has 1 N–H and O–H groups in total. The summed E-state index contributed by atoms with van der Waals surface area (Å²) in [5.41, 5.74) is 1.92. The number of fused-ring (bicyclic) bond motifs is 1. The second-order valence-corrected chi connectivity index (χ2v) is 7.28. The van der Waals surface area contributed by atoms with Gasteiger partial charge in [0.25, 0.3) is 11.1 Å². The maximum Gasteiger partial charge on any atom is 0.276 e. The van der Waals surface area contributed by atoms with Crippen molar-refractivity contribution in [3.63, 3.8) is 0 Å². The smallest absolute Gasteiger partial charge is 0.276 e. The number of H-pyrrole nitrogens is 1. The molecule has 0 aliphatic rings. The van der Waals surface area contributed by atoms with E-state index in [1.165, 1.54) is 11.8 Å². The van der Waals surface area contributed by atoms with Crippen molar-refractivity contribution < 1.29 is 9.15 Å². The maximum atomic E-state index is 6.07. The number of hydrogen-bond donors (Lipinski definition) is 1. The predicted octanol–water partition coefficient (Wildman–Crippen LogP) is 5.70. The molecule has 0 saturated carbocycles. The Hall–Kier alpha value is -2.15. The molecule has 0 aliphatic heterocycles. The van der Waals surface area contributed by atoms with Crippen LogP contribution in [0.5, 0.6) is 5.75 Å². The average Bonchev–Trinajstić information content (AvgIpc) is 3.28. The van der Waals surface area contributed by atoms with E-state index in [-0.39, 0.29) is 0 Å². The molecule has 0 radical (unpaired) electrons. The van der Waals surface area contributed by atoms with Gasteiger partial charge in [0.05, 0.1) is 17.2 Å². The molecule has 0 fully saturated rings. The Balaban J connectivity index is 1.37. The second-order valence-electron chi connectivity index (χ2n) is 5.39. The van der Waals surface area contributed by atoms with Gasteiger partial charge in [-0.05, 0) is 18.2 Å². The molecule has 0 aliphatic carbocycles. The minimum absolute atomic E-state index is 0.440. The van der Waals surface area contributed by atoms with Crippen molar-refractivity contribution in [3.8, 4) is 17.2 Å². The van der Waals surface area contributed by atoms with Crippen molar-refractivity contribution >= 4 is 45.9 Å². The fourth-order valence-corrected chi connectivity index (χ4v) is 3.41. The number of rotatable bonds is 6. The fraction of sp³-hybridized carbons (Fsp3) is 0.111. The number of nitrogens with zero attached hydrogens (tertiary/aromatic N) is 2. The summed E-state index contributed by atoms with van der Waals surface area (Å²) in [5, 5.41) is 10.9. The second kappa shape index (κ2) is 7.61. The van der Waals surface area contributed by atoms with E-state index < -0.39 is 0 Å². The van der Waals surface area contributed by atoms with Crippen molar-refractivity contribution in [2.45, 2.75) is 5.22 Å². The zero-order valence-corrected chi connectivity index (χ0v) is 15.7. The van der Waals surface area contributed by atoms with Gasteiger partial charge in [0, 0.05) is 33.9 Å². The van der Waals surface area contributed by atoms with E-state index in [2.05, 4.69) is 15.2 Å². The van der Waals surface area contributed by atoms with Gasteiger partial charge in [-0.1, -0.05) is 53.2 Å². The first-order chi connectivity index (χ1) is 12.7. The molecule has 0 saturated heterocycles. The van der Waals surface area contributed by atoms with Crippen LogP contribution in [-0.4, -0.2) is 27.5 Å². The van der Waals surface area contributed by atoms with Gasteiger partial charge in [-0.3, -0.25) is 0 Å². The van der Waals surface area contributed by atoms with Crippen molar-refractivity contribution in [3.05, 3.63) is 58.7 Å². The first-order valence-corrected chi connectivity index (χ1v) is 9.55. The number of aromatic nitrogens is 3. The number of aromatic amines is 1. The Morgan fingerprint density at radius 2 is 2.00 bits per heavy atom. The van der Waals surface area contributed by atoms with E-state index in [4.69, 9.17) is 32.4 Å². The van der Waals surface area contributed by atoms with Crippen LogP contribution in [0.15, 0.2) is 58.3 Å². The van der Waals surface area contributed by atoms with E-state index in [1.54, 1.807) is 18.2 Å². The molecule has 5 nitrogen and oxygen atoms in total. The van der Waals surface area contributed by atoms with Crippen LogP contribution in [0.1, 0.15) is 0 Å². The van der Waals surface area contributed by atoms with Crippen molar-refractivity contribution in [1.82, 2.24) is 15.2 Å². The van der Waals surface area contributed by atoms with Gasteiger partial charge < -0.3 is 14.1 Å². The maximum absolute atomic E-state index is 6.07. The Morgan fingerprint density at radius 1 is 1.12 bits per heavy atom. The van der Waals surface area contributed by atoms with Crippen molar-refractivity contribution in [2.75, 3.05) is 12.4 Å². The topological polar surface area (TPSA) is 63.9 Å². The molecule has 2 heterocycles. The predicted molar refractivity (Wildman–Crippen MR) is 104 cm³/mol. The highest BCUT2D eigenvalue weighted by Gasteiger charge is 2.13. The van der Waals surface area contributed by atoms with Gasteiger partial charge in [-0.2, -0.15) is 0 Å². The quantitative estimate of drug-likeness (QED) is 0.329. The van der Waals surface area contributed by atoms with Crippen molar-refractivity contribution in [2.24, 2.45) is 0 Å². The molecule has 4 rings (SSSR count). The Bertz CT molecular complexity index is 1050. The third-order valence-corrected chi connectivity index (χ3v) is 5.02. The van der Waals surface area contributed by atoms with Crippen LogP contribution < -0.4 is 4.74 Å². The van der Waals surface area contributed by atoms with E-state index in [0.717, 1.165) is 16.5 Å². The normalized spacial score (nSPS) is 11.2. The highest BCUT2D eigenvalue weighted by Crippen LogP contribution is 2.30. The van der Waals surface area contributed by atoms with Crippen molar-refractivity contribution in [1.29, 1.82) is 0 Å². The van der Waals surface area contributed by atoms with Crippen LogP contribution in [0.2, 0.25) is 10.0 Å². The van der Waals surface area contributed by atoms with Crippen LogP contribution >= 0.6 is 35.0 Å². The minimum atomic E-state index is 0.440. The van der Waals surface area contributed by atoms with Crippen LogP contribution in [0, 0.1) is 0 Å². The summed E-state index contributed by atoms with van der Waals surface area (Å²) in [5.74, 6) is 1.69. The standard InChI is InChI=1S/C18H13Cl2N3O2S/c19-11-5-6-14(20)16(9-11)24-7-8-26-18-23-22-17(25-18)13-10-21-15-4-2-1-3-12(13)15/h1-6,9-10,21H,7-8H2. The van der Waals surface area contributed by atoms with E-state index >= 15 is 0 Å². The lowest BCUT2D eigenvalue weighted by Gasteiger charge is -2.07. The zero-order chi connectivity index (χ0) is 17.9. The molecule has 0 unspecified atom stereocenters. The molecule has 0 atom stereocenters. The van der Waals surface area contributed by atoms with Gasteiger partial charge in [0.2, 0.25) is 0 Å². The highest BCUT2D eigenvalue weighted by molar-refractivity contribution is 7.99. The number of nitrogens with one attached hydrogen (secondary N) is 1. The summed E-state index contributed by atoms with van der Waals surface area (Å²) in [6, 6.07) is 13.1. The Kier molecular flexibility index (Phi) is 5.06. The third-order valence-electron chi connectivity index (χ3n) is 3.69. The highest BCUT2D eigenvalue weighted by atomic mass is 35.5. The average molecular weight is 406 g/mol. The van der Waals surface area contributed by atoms with Crippen LogP contribution in [0.25, 0.3) is 22.4 Å². The van der Waals surface area contributed by atoms with Gasteiger partial charge in [0.15, 0.2) is 0 Å². The number of hydrogen-bond acceptors (Lipinski definition) is 5. The van der Waals surface area contributed by atoms with Crippen LogP contribution in [-0.2, 0) is 0 Å². The molecule has 2 aromatic carbocycles. The lowest BCUT2D eigenvalue weighted by Crippen LogP contribution is -2.00. The first kappa shape index (κ1) is 17.3. The lowest BCUT2D eigenvalue weighted by molar-refractivity contribution is 0.343. The largest absolute Gasteiger partial charge is 0.491 e. The number of benzene rings is 2. The summed E-state index contributed by atoms with van der Waals surface area (Å²) in [7, 11) is 0. The zero-order valence-electron chi connectivity index (χ0n) is 13.4. The van der Waals surface area contributed by atoms with Gasteiger partial charge in [-0.15, -0.1) is 10.2 Å². The SMILES string of the molecule is Clc1ccc(Cl)c(OCCSc2nnc(-c3c[nH]c4ccccc34)o2)c1. The lowest BCUT2D eigenvalue weighted by atomic mass is 10.2. The minimum Gasteiger partial charge on any atom is -0.491 e. The molecule has 0 spiro atoms. The molecular formula is C18H13Cl2N3O2S. The monoisotopic (exact) mass is 405 g/mol.